The van der Waals surface area contributed by atoms with Gasteiger partial charge in [0.25, 0.3) is 5.91 Å². The highest BCUT2D eigenvalue weighted by Gasteiger charge is 2.11. The second-order valence-electron chi connectivity index (χ2n) is 3.41. The number of nitrogens with one attached hydrogen (secondary N) is 2. The number of aromatic nitrogens is 5. The summed E-state index contributed by atoms with van der Waals surface area (Å²) in [6.45, 7) is 2.16. The van der Waals surface area contributed by atoms with Crippen molar-refractivity contribution in [3.63, 3.8) is 0 Å². The molecule has 16 heavy (non-hydrogen) atoms. The van der Waals surface area contributed by atoms with Crippen molar-refractivity contribution < 1.29 is 4.79 Å². The third-order valence-corrected chi connectivity index (χ3v) is 2.12. The SMILES string of the molecule is Cc1cc(C(=O)NCc2ncn[nH]2)n(C)n1. The van der Waals surface area contributed by atoms with Crippen LogP contribution in [-0.4, -0.2) is 30.9 Å². The first-order chi connectivity index (χ1) is 7.66. The van der Waals surface area contributed by atoms with E-state index in [1.807, 2.05) is 6.92 Å². The molecule has 0 saturated carbocycles. The van der Waals surface area contributed by atoms with E-state index < -0.39 is 0 Å². The lowest BCUT2D eigenvalue weighted by molar-refractivity contribution is 0.0940. The van der Waals surface area contributed by atoms with Gasteiger partial charge in [-0.1, -0.05) is 0 Å². The number of aryl methyl sites for hydroxylation is 2. The Morgan fingerprint density at radius 1 is 1.62 bits per heavy atom. The molecule has 2 heterocycles. The summed E-state index contributed by atoms with van der Waals surface area (Å²) in [5, 5.41) is 13.2. The number of carbonyl (C=O) groups is 1. The highest BCUT2D eigenvalue weighted by Crippen LogP contribution is 2.01. The number of aromatic amines is 1. The van der Waals surface area contributed by atoms with E-state index in [2.05, 4.69) is 25.6 Å². The molecule has 2 rings (SSSR count). The number of nitrogens with zero attached hydrogens (tertiary/aromatic N) is 4. The van der Waals surface area contributed by atoms with Gasteiger partial charge in [0.1, 0.15) is 17.8 Å². The minimum absolute atomic E-state index is 0.181. The van der Waals surface area contributed by atoms with Gasteiger partial charge in [-0.25, -0.2) is 4.98 Å². The number of hydrogen-bond acceptors (Lipinski definition) is 4. The fourth-order valence-electron chi connectivity index (χ4n) is 1.39. The van der Waals surface area contributed by atoms with Crippen molar-refractivity contribution >= 4 is 5.91 Å². The van der Waals surface area contributed by atoms with Crippen LogP contribution in [0.4, 0.5) is 0 Å². The van der Waals surface area contributed by atoms with Crippen LogP contribution in [0.5, 0.6) is 0 Å². The highest BCUT2D eigenvalue weighted by molar-refractivity contribution is 5.92. The van der Waals surface area contributed by atoms with E-state index in [9.17, 15) is 4.79 Å². The summed E-state index contributed by atoms with van der Waals surface area (Å²) >= 11 is 0. The van der Waals surface area contributed by atoms with E-state index in [0.29, 0.717) is 18.1 Å². The van der Waals surface area contributed by atoms with Crippen LogP contribution in [-0.2, 0) is 13.6 Å². The molecule has 84 valence electrons. The Kier molecular flexibility index (Phi) is 2.67. The lowest BCUT2D eigenvalue weighted by atomic mass is 10.3. The lowest BCUT2D eigenvalue weighted by Gasteiger charge is -2.02. The maximum Gasteiger partial charge on any atom is 0.269 e. The van der Waals surface area contributed by atoms with Crippen LogP contribution in [0.3, 0.4) is 0 Å². The molecular formula is C9H12N6O. The summed E-state index contributed by atoms with van der Waals surface area (Å²) < 4.78 is 1.55. The topological polar surface area (TPSA) is 88.5 Å². The molecule has 0 unspecified atom stereocenters. The Bertz CT molecular complexity index is 486. The summed E-state index contributed by atoms with van der Waals surface area (Å²) in [6.07, 6.45) is 1.40. The van der Waals surface area contributed by atoms with Crippen LogP contribution in [0.2, 0.25) is 0 Å². The average molecular weight is 220 g/mol. The monoisotopic (exact) mass is 220 g/mol. The molecule has 2 aromatic heterocycles. The van der Waals surface area contributed by atoms with Crippen LogP contribution in [0.1, 0.15) is 22.0 Å². The van der Waals surface area contributed by atoms with Gasteiger partial charge in [0.15, 0.2) is 0 Å². The van der Waals surface area contributed by atoms with Crippen LogP contribution >= 0.6 is 0 Å². The van der Waals surface area contributed by atoms with Gasteiger partial charge in [-0.3, -0.25) is 14.6 Å². The van der Waals surface area contributed by atoms with Crippen molar-refractivity contribution in [2.45, 2.75) is 13.5 Å². The minimum atomic E-state index is -0.181. The molecule has 2 aromatic rings. The summed E-state index contributed by atoms with van der Waals surface area (Å²) in [7, 11) is 1.73. The van der Waals surface area contributed by atoms with E-state index >= 15 is 0 Å². The van der Waals surface area contributed by atoms with Crippen molar-refractivity contribution in [2.75, 3.05) is 0 Å². The molecule has 0 aliphatic heterocycles. The average Bonchev–Trinajstić information content (AvgIpc) is 2.84. The molecule has 0 saturated heterocycles. The predicted molar refractivity (Wildman–Crippen MR) is 55.5 cm³/mol. The van der Waals surface area contributed by atoms with Crippen molar-refractivity contribution in [1.82, 2.24) is 30.3 Å². The minimum Gasteiger partial charge on any atom is -0.343 e. The number of carbonyl (C=O) groups excluding carboxylic acids is 1. The van der Waals surface area contributed by atoms with E-state index in [1.165, 1.54) is 6.33 Å². The fraction of sp³-hybridized carbons (Fsp3) is 0.333. The fourth-order valence-corrected chi connectivity index (χ4v) is 1.39. The molecule has 0 radical (unpaired) electrons. The van der Waals surface area contributed by atoms with E-state index in [-0.39, 0.29) is 5.91 Å². The van der Waals surface area contributed by atoms with Gasteiger partial charge in [-0.2, -0.15) is 10.2 Å². The molecule has 0 aliphatic rings. The molecule has 7 heteroatoms. The maximum absolute atomic E-state index is 11.7. The molecule has 0 atom stereocenters. The maximum atomic E-state index is 11.7. The van der Waals surface area contributed by atoms with Crippen molar-refractivity contribution in [3.8, 4) is 0 Å². The van der Waals surface area contributed by atoms with Crippen molar-refractivity contribution in [2.24, 2.45) is 7.05 Å². The lowest BCUT2D eigenvalue weighted by Crippen LogP contribution is -2.25. The van der Waals surface area contributed by atoms with Gasteiger partial charge in [0.2, 0.25) is 0 Å². The Hall–Kier alpha value is -2.18. The molecule has 0 spiro atoms. The standard InChI is InChI=1S/C9H12N6O/c1-6-3-7(15(2)14-6)9(16)10-4-8-11-5-12-13-8/h3,5H,4H2,1-2H3,(H,10,16)(H,11,12,13). The molecular weight excluding hydrogens is 208 g/mol. The van der Waals surface area contributed by atoms with Crippen LogP contribution in [0.15, 0.2) is 12.4 Å². The van der Waals surface area contributed by atoms with Crippen LogP contribution in [0, 0.1) is 6.92 Å². The third-order valence-electron chi connectivity index (χ3n) is 2.12. The van der Waals surface area contributed by atoms with Crippen molar-refractivity contribution in [3.05, 3.63) is 29.6 Å². The van der Waals surface area contributed by atoms with Gasteiger partial charge in [-0.15, -0.1) is 0 Å². The Labute approximate surface area is 91.9 Å². The summed E-state index contributed by atoms with van der Waals surface area (Å²) in [6, 6.07) is 1.73. The second kappa shape index (κ2) is 4.13. The second-order valence-corrected chi connectivity index (χ2v) is 3.41. The first kappa shape index (κ1) is 10.3. The van der Waals surface area contributed by atoms with Gasteiger partial charge >= 0.3 is 0 Å². The zero-order chi connectivity index (χ0) is 11.5. The van der Waals surface area contributed by atoms with Gasteiger partial charge in [0, 0.05) is 7.05 Å². The van der Waals surface area contributed by atoms with E-state index in [0.717, 1.165) is 5.69 Å². The number of rotatable bonds is 3. The van der Waals surface area contributed by atoms with Crippen LogP contribution in [0.25, 0.3) is 0 Å². The van der Waals surface area contributed by atoms with E-state index in [4.69, 9.17) is 0 Å². The number of hydrogen-bond donors (Lipinski definition) is 2. The van der Waals surface area contributed by atoms with Gasteiger partial charge in [0.05, 0.1) is 12.2 Å². The number of H-pyrrole nitrogens is 1. The van der Waals surface area contributed by atoms with Crippen molar-refractivity contribution in [1.29, 1.82) is 0 Å². The summed E-state index contributed by atoms with van der Waals surface area (Å²) in [5.41, 5.74) is 1.34. The molecule has 0 aliphatic carbocycles. The Balaban J connectivity index is 2.01. The van der Waals surface area contributed by atoms with E-state index in [1.54, 1.807) is 17.8 Å². The molecule has 7 nitrogen and oxygen atoms in total. The largest absolute Gasteiger partial charge is 0.343 e. The van der Waals surface area contributed by atoms with Crippen LogP contribution < -0.4 is 5.32 Å². The number of amides is 1. The smallest absolute Gasteiger partial charge is 0.269 e. The third kappa shape index (κ3) is 2.08. The molecule has 0 bridgehead atoms. The molecule has 0 aromatic carbocycles. The molecule has 0 fully saturated rings. The normalized spacial score (nSPS) is 10.4. The summed E-state index contributed by atoms with van der Waals surface area (Å²) in [5.74, 6) is 0.437. The first-order valence-corrected chi connectivity index (χ1v) is 4.80. The quantitative estimate of drug-likeness (QED) is 0.748. The first-order valence-electron chi connectivity index (χ1n) is 4.80. The Morgan fingerprint density at radius 2 is 2.44 bits per heavy atom. The zero-order valence-electron chi connectivity index (χ0n) is 9.06. The van der Waals surface area contributed by atoms with Gasteiger partial charge < -0.3 is 5.32 Å². The predicted octanol–water partition coefficient (Wildman–Crippen LogP) is -0.223. The molecule has 2 N–H and O–H groups in total. The molecule has 1 amide bonds. The highest BCUT2D eigenvalue weighted by atomic mass is 16.2. The summed E-state index contributed by atoms with van der Waals surface area (Å²) in [4.78, 5) is 15.6. The van der Waals surface area contributed by atoms with Gasteiger partial charge in [-0.05, 0) is 13.0 Å². The Morgan fingerprint density at radius 3 is 3.00 bits per heavy atom. The zero-order valence-corrected chi connectivity index (χ0v) is 9.06.